The van der Waals surface area contributed by atoms with Crippen LogP contribution in [0.4, 0.5) is 0 Å². The Hall–Kier alpha value is -0.480. The molecule has 86 valence electrons. The number of unbranched alkanes of at least 4 members (excludes halogenated alkanes) is 1. The summed E-state index contributed by atoms with van der Waals surface area (Å²) in [5.41, 5.74) is 0. The van der Waals surface area contributed by atoms with E-state index in [0.29, 0.717) is 0 Å². The third kappa shape index (κ3) is 5.23. The molecule has 0 aromatic heterocycles. The summed E-state index contributed by atoms with van der Waals surface area (Å²) < 4.78 is 0. The topological polar surface area (TPSA) is 12.0 Å². The molecule has 0 amide bonds. The molecule has 1 fully saturated rings. The molecule has 0 aromatic rings. The lowest BCUT2D eigenvalue weighted by Gasteiger charge is -2.27. The number of nitrogens with one attached hydrogen (secondary N) is 1. The lowest BCUT2D eigenvalue weighted by Crippen LogP contribution is -2.27. The second-order valence-electron chi connectivity index (χ2n) is 4.81. The van der Waals surface area contributed by atoms with E-state index in [-0.39, 0.29) is 0 Å². The zero-order valence-electron chi connectivity index (χ0n) is 10.1. The molecule has 1 heteroatoms. The van der Waals surface area contributed by atoms with Crippen LogP contribution in [-0.4, -0.2) is 13.1 Å². The fourth-order valence-corrected chi connectivity index (χ4v) is 2.47. The Balaban J connectivity index is 1.97. The van der Waals surface area contributed by atoms with E-state index < -0.39 is 0 Å². The van der Waals surface area contributed by atoms with Crippen LogP contribution in [-0.2, 0) is 0 Å². The van der Waals surface area contributed by atoms with E-state index in [1.54, 1.807) is 0 Å². The first-order valence-corrected chi connectivity index (χ1v) is 6.51. The summed E-state index contributed by atoms with van der Waals surface area (Å²) in [4.78, 5) is 0. The molecule has 1 aliphatic rings. The van der Waals surface area contributed by atoms with Gasteiger partial charge >= 0.3 is 0 Å². The van der Waals surface area contributed by atoms with Crippen molar-refractivity contribution < 1.29 is 0 Å². The maximum atomic E-state index is 5.21. The number of hydrogen-bond donors (Lipinski definition) is 1. The van der Waals surface area contributed by atoms with Gasteiger partial charge in [-0.25, -0.2) is 0 Å². The molecule has 0 heterocycles. The first kappa shape index (κ1) is 12.6. The second kappa shape index (κ2) is 7.77. The average Bonchev–Trinajstić information content (AvgIpc) is 2.30. The molecule has 0 aliphatic heterocycles. The summed E-state index contributed by atoms with van der Waals surface area (Å²) in [6.45, 7) is 4.63. The standard InChI is InChI=1S/C14H25N/c1-3-5-6-11-15-12-14-9-7-13(4-2)8-10-14/h1,13-15H,4-12H2,2H3. The Morgan fingerprint density at radius 1 is 1.20 bits per heavy atom. The third-order valence-electron chi connectivity index (χ3n) is 3.65. The SMILES string of the molecule is C#CCCCNCC1CCC(CC)CC1. The van der Waals surface area contributed by atoms with Crippen molar-refractivity contribution in [1.29, 1.82) is 0 Å². The molecule has 0 saturated heterocycles. The van der Waals surface area contributed by atoms with Gasteiger partial charge in [-0.2, -0.15) is 0 Å². The van der Waals surface area contributed by atoms with E-state index in [2.05, 4.69) is 18.2 Å². The third-order valence-corrected chi connectivity index (χ3v) is 3.65. The minimum absolute atomic E-state index is 0.912. The summed E-state index contributed by atoms with van der Waals surface area (Å²) in [7, 11) is 0. The highest BCUT2D eigenvalue weighted by Crippen LogP contribution is 2.29. The highest BCUT2D eigenvalue weighted by molar-refractivity contribution is 4.83. The highest BCUT2D eigenvalue weighted by Gasteiger charge is 2.19. The van der Waals surface area contributed by atoms with Gasteiger partial charge in [0.25, 0.3) is 0 Å². The summed E-state index contributed by atoms with van der Waals surface area (Å²) in [6, 6.07) is 0. The van der Waals surface area contributed by atoms with Gasteiger partial charge < -0.3 is 5.32 Å². The molecule has 15 heavy (non-hydrogen) atoms. The van der Waals surface area contributed by atoms with Gasteiger partial charge in [-0.15, -0.1) is 12.3 Å². The van der Waals surface area contributed by atoms with Crippen molar-refractivity contribution in [1.82, 2.24) is 5.32 Å². The van der Waals surface area contributed by atoms with Gasteiger partial charge in [-0.3, -0.25) is 0 Å². The summed E-state index contributed by atoms with van der Waals surface area (Å²) in [6.07, 6.45) is 14.4. The Morgan fingerprint density at radius 2 is 1.87 bits per heavy atom. The molecule has 0 spiro atoms. The minimum atomic E-state index is 0.912. The predicted molar refractivity (Wildman–Crippen MR) is 66.7 cm³/mol. The van der Waals surface area contributed by atoms with Gasteiger partial charge in [-0.1, -0.05) is 26.2 Å². The van der Waals surface area contributed by atoms with Crippen molar-refractivity contribution in [3.05, 3.63) is 0 Å². The molecule has 1 N–H and O–H groups in total. The second-order valence-corrected chi connectivity index (χ2v) is 4.81. The van der Waals surface area contributed by atoms with Crippen molar-refractivity contribution in [2.45, 2.75) is 51.9 Å². The first-order chi connectivity index (χ1) is 7.36. The van der Waals surface area contributed by atoms with E-state index in [1.807, 2.05) is 0 Å². The van der Waals surface area contributed by atoms with Crippen LogP contribution >= 0.6 is 0 Å². The molecule has 1 nitrogen and oxygen atoms in total. The van der Waals surface area contributed by atoms with Gasteiger partial charge in [0.2, 0.25) is 0 Å². The normalized spacial score (nSPS) is 26.1. The summed E-state index contributed by atoms with van der Waals surface area (Å²) in [5, 5.41) is 3.53. The van der Waals surface area contributed by atoms with Crippen molar-refractivity contribution in [2.24, 2.45) is 11.8 Å². The molecule has 1 rings (SSSR count). The lowest BCUT2D eigenvalue weighted by molar-refractivity contribution is 0.263. The number of terminal acetylenes is 1. The fourth-order valence-electron chi connectivity index (χ4n) is 2.47. The molecule has 0 atom stereocenters. The van der Waals surface area contributed by atoms with Gasteiger partial charge in [-0.05, 0) is 44.2 Å². The van der Waals surface area contributed by atoms with Gasteiger partial charge in [0.15, 0.2) is 0 Å². The zero-order chi connectivity index (χ0) is 10.9. The molecule has 1 saturated carbocycles. The Labute approximate surface area is 95.0 Å². The Kier molecular flexibility index (Phi) is 6.52. The van der Waals surface area contributed by atoms with E-state index in [9.17, 15) is 0 Å². The molecule has 0 aromatic carbocycles. The monoisotopic (exact) mass is 207 g/mol. The fraction of sp³-hybridized carbons (Fsp3) is 0.857. The van der Waals surface area contributed by atoms with E-state index in [0.717, 1.165) is 31.2 Å². The summed E-state index contributed by atoms with van der Waals surface area (Å²) >= 11 is 0. The van der Waals surface area contributed by atoms with Gasteiger partial charge in [0.1, 0.15) is 0 Å². The van der Waals surface area contributed by atoms with E-state index in [4.69, 9.17) is 6.42 Å². The molecule has 1 aliphatic carbocycles. The lowest BCUT2D eigenvalue weighted by atomic mass is 9.81. The maximum absolute atomic E-state index is 5.21. The van der Waals surface area contributed by atoms with Gasteiger partial charge in [0.05, 0.1) is 0 Å². The van der Waals surface area contributed by atoms with Crippen molar-refractivity contribution in [2.75, 3.05) is 13.1 Å². The number of rotatable bonds is 6. The smallest absolute Gasteiger partial charge is 0.00981 e. The summed E-state index contributed by atoms with van der Waals surface area (Å²) in [5.74, 6) is 4.63. The first-order valence-electron chi connectivity index (χ1n) is 6.51. The van der Waals surface area contributed by atoms with Crippen LogP contribution in [0.25, 0.3) is 0 Å². The van der Waals surface area contributed by atoms with Crippen LogP contribution in [0.1, 0.15) is 51.9 Å². The van der Waals surface area contributed by atoms with Crippen LogP contribution in [0.2, 0.25) is 0 Å². The molecule has 0 unspecified atom stereocenters. The van der Waals surface area contributed by atoms with Crippen molar-refractivity contribution in [3.63, 3.8) is 0 Å². The zero-order valence-corrected chi connectivity index (χ0v) is 10.1. The Bertz CT molecular complexity index is 184. The molecular formula is C14H25N. The van der Waals surface area contributed by atoms with Crippen molar-refractivity contribution in [3.8, 4) is 12.3 Å². The highest BCUT2D eigenvalue weighted by atomic mass is 14.9. The number of hydrogen-bond acceptors (Lipinski definition) is 1. The van der Waals surface area contributed by atoms with Crippen LogP contribution < -0.4 is 5.32 Å². The maximum Gasteiger partial charge on any atom is 0.00981 e. The van der Waals surface area contributed by atoms with Crippen LogP contribution in [0, 0.1) is 24.2 Å². The average molecular weight is 207 g/mol. The van der Waals surface area contributed by atoms with Crippen LogP contribution in [0.15, 0.2) is 0 Å². The van der Waals surface area contributed by atoms with Crippen LogP contribution in [0.3, 0.4) is 0 Å². The Morgan fingerprint density at radius 3 is 2.47 bits per heavy atom. The largest absolute Gasteiger partial charge is 0.316 e. The van der Waals surface area contributed by atoms with Crippen molar-refractivity contribution >= 4 is 0 Å². The minimum Gasteiger partial charge on any atom is -0.316 e. The predicted octanol–water partition coefficient (Wildman–Crippen LogP) is 3.21. The van der Waals surface area contributed by atoms with Crippen LogP contribution in [0.5, 0.6) is 0 Å². The quantitative estimate of drug-likeness (QED) is 0.521. The molecular weight excluding hydrogens is 182 g/mol. The molecule has 0 radical (unpaired) electrons. The van der Waals surface area contributed by atoms with E-state index >= 15 is 0 Å². The van der Waals surface area contributed by atoms with Gasteiger partial charge in [0, 0.05) is 6.42 Å². The van der Waals surface area contributed by atoms with E-state index in [1.165, 1.54) is 38.6 Å². The molecule has 0 bridgehead atoms.